The van der Waals surface area contributed by atoms with E-state index in [4.69, 9.17) is 10.8 Å². The molecule has 0 aromatic carbocycles. The monoisotopic (exact) mass is 354 g/mol. The van der Waals surface area contributed by atoms with Gasteiger partial charge in [0, 0.05) is 0 Å². The molecule has 3 N–H and O–H groups in total. The molecule has 5 heteroatoms. The molecule has 0 bridgehead atoms. The minimum absolute atomic E-state index is 0.623. The Balaban J connectivity index is 3.84. The van der Waals surface area contributed by atoms with Gasteiger partial charge in [-0.3, -0.25) is 0 Å². The fourth-order valence-electron chi connectivity index (χ4n) is 1.30. The van der Waals surface area contributed by atoms with Crippen LogP contribution in [0, 0.1) is 0 Å². The molecule has 1 atom stereocenters. The summed E-state index contributed by atoms with van der Waals surface area (Å²) in [5.41, 5.74) is 5.53. The first-order valence-corrected chi connectivity index (χ1v) is 14.6. The van der Waals surface area contributed by atoms with Crippen molar-refractivity contribution in [2.45, 2.75) is 54.4 Å². The number of carboxylic acids is 1. The van der Waals surface area contributed by atoms with Crippen molar-refractivity contribution in [3.63, 3.8) is 0 Å². The van der Waals surface area contributed by atoms with E-state index in [2.05, 4.69) is 13.8 Å². The van der Waals surface area contributed by atoms with Crippen molar-refractivity contribution in [2.24, 2.45) is 5.73 Å². The summed E-state index contributed by atoms with van der Waals surface area (Å²) in [5.74, 6) is -0.237. The van der Waals surface area contributed by atoms with Gasteiger partial charge >= 0.3 is 109 Å². The van der Waals surface area contributed by atoms with Crippen LogP contribution >= 0.6 is 8.95 Å². The molecule has 0 aliphatic rings. The van der Waals surface area contributed by atoms with Gasteiger partial charge in [-0.25, -0.2) is 0 Å². The van der Waals surface area contributed by atoms with Crippen molar-refractivity contribution in [1.82, 2.24) is 0 Å². The van der Waals surface area contributed by atoms with Crippen LogP contribution in [0.1, 0.15) is 39.5 Å². The maximum atomic E-state index is 10.6. The summed E-state index contributed by atoms with van der Waals surface area (Å²) < 4.78 is 2.77. The molecule has 0 amide bonds. The Kier molecular flexibility index (Phi) is 11.1. The van der Waals surface area contributed by atoms with Crippen LogP contribution in [-0.2, 0) is 4.79 Å². The van der Waals surface area contributed by atoms with E-state index in [1.807, 2.05) is 8.95 Å². The predicted molar refractivity (Wildman–Crippen MR) is 73.3 cm³/mol. The zero-order valence-corrected chi connectivity index (χ0v) is 14.0. The third-order valence-electron chi connectivity index (χ3n) is 2.40. The summed E-state index contributed by atoms with van der Waals surface area (Å²) in [4.78, 5) is 10.6. The summed E-state index contributed by atoms with van der Waals surface area (Å²) in [6.45, 7) is 4.43. The molecule has 0 saturated heterocycles. The molecular weight excluding hydrogens is 329 g/mol. The van der Waals surface area contributed by atoms with Gasteiger partial charge in [-0.05, 0) is 0 Å². The third kappa shape index (κ3) is 8.70. The molecule has 16 heavy (non-hydrogen) atoms. The van der Waals surface area contributed by atoms with Gasteiger partial charge in [0.2, 0.25) is 0 Å². The second-order valence-electron chi connectivity index (χ2n) is 4.00. The Labute approximate surface area is 109 Å². The summed E-state index contributed by atoms with van der Waals surface area (Å²) in [5, 5.41) is 8.73. The summed E-state index contributed by atoms with van der Waals surface area (Å²) in [6.07, 6.45) is 5.13. The molecule has 1 radical (unpaired) electrons. The third-order valence-corrected chi connectivity index (χ3v) is 16.2. The average Bonchev–Trinajstić information content (AvgIpc) is 2.27. The Hall–Kier alpha value is 0.579. The first-order chi connectivity index (χ1) is 7.61. The standard InChI is InChI=1S/2C4H9.C3H7NO2S.Sn/c2*1-3-4-2;4-2(1-7)3(5)6;/h2*1,3-4H2,2H3;2,7H,1,4H2,(H,5,6);/q;;;+1/p-1/t;;2-;/m..1./s1. The second kappa shape index (κ2) is 10.7. The fraction of sp³-hybridized carbons (Fsp3) is 0.909. The van der Waals surface area contributed by atoms with Crippen molar-refractivity contribution in [3.8, 4) is 0 Å². The normalized spacial score (nSPS) is 13.0. The van der Waals surface area contributed by atoms with E-state index >= 15 is 0 Å². The molecule has 3 nitrogen and oxygen atoms in total. The van der Waals surface area contributed by atoms with E-state index in [-0.39, 0.29) is 0 Å². The van der Waals surface area contributed by atoms with E-state index in [9.17, 15) is 4.79 Å². The van der Waals surface area contributed by atoms with Crippen LogP contribution in [0.15, 0.2) is 0 Å². The van der Waals surface area contributed by atoms with Crippen LogP contribution in [0.4, 0.5) is 0 Å². The molecule has 0 aromatic rings. The van der Waals surface area contributed by atoms with Gasteiger partial charge in [-0.1, -0.05) is 0 Å². The van der Waals surface area contributed by atoms with Crippen molar-refractivity contribution >= 4 is 33.3 Å². The molecule has 0 saturated carbocycles. The first kappa shape index (κ1) is 16.6. The van der Waals surface area contributed by atoms with Crippen molar-refractivity contribution in [2.75, 3.05) is 5.75 Å². The van der Waals surface area contributed by atoms with E-state index in [1.165, 1.54) is 34.6 Å². The quantitative estimate of drug-likeness (QED) is 0.593. The number of rotatable bonds is 10. The van der Waals surface area contributed by atoms with E-state index in [1.54, 1.807) is 0 Å². The number of carbonyl (C=O) groups is 1. The number of hydrogen-bond donors (Lipinski definition) is 2. The van der Waals surface area contributed by atoms with Gasteiger partial charge in [-0.2, -0.15) is 0 Å². The molecule has 0 unspecified atom stereocenters. The van der Waals surface area contributed by atoms with Crippen molar-refractivity contribution < 1.29 is 9.90 Å². The van der Waals surface area contributed by atoms with Crippen LogP contribution in [0.5, 0.6) is 0 Å². The SMILES string of the molecule is CCC[CH2][Sn]([CH2]CCC)[S]C[C@@H](N)C(=O)O. The van der Waals surface area contributed by atoms with Crippen LogP contribution in [0.2, 0.25) is 8.87 Å². The Morgan fingerprint density at radius 3 is 2.19 bits per heavy atom. The second-order valence-corrected chi connectivity index (χ2v) is 16.9. The Morgan fingerprint density at radius 1 is 1.31 bits per heavy atom. The van der Waals surface area contributed by atoms with Crippen LogP contribution in [0.3, 0.4) is 0 Å². The number of nitrogens with two attached hydrogens (primary N) is 1. The minimum atomic E-state index is -1.37. The van der Waals surface area contributed by atoms with Gasteiger partial charge in [0.1, 0.15) is 0 Å². The van der Waals surface area contributed by atoms with Gasteiger partial charge in [-0.15, -0.1) is 0 Å². The van der Waals surface area contributed by atoms with E-state index in [0.29, 0.717) is 5.75 Å². The van der Waals surface area contributed by atoms with Crippen LogP contribution < -0.4 is 5.73 Å². The van der Waals surface area contributed by atoms with Crippen LogP contribution in [-0.4, -0.2) is 41.2 Å². The summed E-state index contributed by atoms with van der Waals surface area (Å²) in [7, 11) is 1.93. The fourth-order valence-corrected chi connectivity index (χ4v) is 15.1. The summed E-state index contributed by atoms with van der Waals surface area (Å²) >= 11 is -1.37. The molecule has 0 aromatic heterocycles. The van der Waals surface area contributed by atoms with Crippen molar-refractivity contribution in [1.29, 1.82) is 0 Å². The van der Waals surface area contributed by atoms with Gasteiger partial charge in [0.25, 0.3) is 0 Å². The number of hydrogen-bond acceptors (Lipinski definition) is 3. The molecule has 0 spiro atoms. The van der Waals surface area contributed by atoms with Gasteiger partial charge in [0.15, 0.2) is 0 Å². The Bertz CT molecular complexity index is 185. The van der Waals surface area contributed by atoms with Gasteiger partial charge < -0.3 is 0 Å². The molecular formula is C11H24NO2SSn. The molecule has 0 fully saturated rings. The Morgan fingerprint density at radius 2 is 1.81 bits per heavy atom. The van der Waals surface area contributed by atoms with Crippen LogP contribution in [0.25, 0.3) is 0 Å². The van der Waals surface area contributed by atoms with E-state index in [0.717, 1.165) is 0 Å². The van der Waals surface area contributed by atoms with Crippen molar-refractivity contribution in [3.05, 3.63) is 0 Å². The number of aliphatic carboxylic acids is 1. The molecule has 0 aliphatic carbocycles. The molecule has 0 rings (SSSR count). The molecule has 0 aliphatic heterocycles. The number of carboxylic acid groups (broad SMARTS) is 1. The average molecular weight is 353 g/mol. The predicted octanol–water partition coefficient (Wildman–Crippen LogP) is 2.72. The molecule has 0 heterocycles. The maximum absolute atomic E-state index is 10.6. The first-order valence-electron chi connectivity index (χ1n) is 6.07. The zero-order chi connectivity index (χ0) is 12.4. The van der Waals surface area contributed by atoms with Gasteiger partial charge in [0.05, 0.1) is 0 Å². The molecule has 95 valence electrons. The zero-order valence-electron chi connectivity index (χ0n) is 10.4. The van der Waals surface area contributed by atoms with E-state index < -0.39 is 30.4 Å². The number of unbranched alkanes of at least 4 members (excludes halogenated alkanes) is 2. The summed E-state index contributed by atoms with van der Waals surface area (Å²) in [6, 6.07) is -0.663. The topological polar surface area (TPSA) is 63.3 Å².